The maximum Gasteiger partial charge on any atom is 0.303 e. The molecule has 1 N–H and O–H groups in total. The number of carboxylic acid groups (broad SMARTS) is 1. The van der Waals surface area contributed by atoms with Gasteiger partial charge in [-0.15, -0.1) is 6.58 Å². The molecule has 0 radical (unpaired) electrons. The molecule has 0 aromatic heterocycles. The third-order valence-corrected chi connectivity index (χ3v) is 3.25. The standard InChI is InChI=1S/C13H24O2/c1-6-7-11(3)13(4,5)9-10(2)8-12(14)15/h6,10-11H,1,7-9H2,2-5H3,(H,14,15). The minimum Gasteiger partial charge on any atom is -0.481 e. The van der Waals surface area contributed by atoms with Gasteiger partial charge in [0.1, 0.15) is 0 Å². The van der Waals surface area contributed by atoms with Crippen LogP contribution in [-0.2, 0) is 4.79 Å². The molecule has 0 aliphatic carbocycles. The summed E-state index contributed by atoms with van der Waals surface area (Å²) in [6.45, 7) is 12.4. The van der Waals surface area contributed by atoms with E-state index in [9.17, 15) is 4.79 Å². The summed E-state index contributed by atoms with van der Waals surface area (Å²) in [7, 11) is 0. The number of aliphatic carboxylic acids is 1. The SMILES string of the molecule is C=CCC(C)C(C)(C)CC(C)CC(=O)O. The molecule has 15 heavy (non-hydrogen) atoms. The second kappa shape index (κ2) is 5.94. The molecule has 0 fully saturated rings. The molecule has 0 spiro atoms. The predicted octanol–water partition coefficient (Wildman–Crippen LogP) is 3.73. The quantitative estimate of drug-likeness (QED) is 0.653. The molecule has 0 aliphatic heterocycles. The summed E-state index contributed by atoms with van der Waals surface area (Å²) < 4.78 is 0. The van der Waals surface area contributed by atoms with Gasteiger partial charge >= 0.3 is 5.97 Å². The Morgan fingerprint density at radius 1 is 1.47 bits per heavy atom. The van der Waals surface area contributed by atoms with Crippen LogP contribution < -0.4 is 0 Å². The zero-order chi connectivity index (χ0) is 12.1. The summed E-state index contributed by atoms with van der Waals surface area (Å²) in [5.41, 5.74) is 0.184. The maximum atomic E-state index is 10.6. The zero-order valence-electron chi connectivity index (χ0n) is 10.4. The van der Waals surface area contributed by atoms with Gasteiger partial charge in [0.2, 0.25) is 0 Å². The number of hydrogen-bond acceptors (Lipinski definition) is 1. The van der Waals surface area contributed by atoms with Crippen molar-refractivity contribution in [1.82, 2.24) is 0 Å². The summed E-state index contributed by atoms with van der Waals surface area (Å²) in [5.74, 6) is 0.0886. The van der Waals surface area contributed by atoms with Gasteiger partial charge in [0, 0.05) is 6.42 Å². The van der Waals surface area contributed by atoms with Crippen LogP contribution in [-0.4, -0.2) is 11.1 Å². The fraction of sp³-hybridized carbons (Fsp3) is 0.769. The van der Waals surface area contributed by atoms with E-state index in [1.165, 1.54) is 0 Å². The molecule has 0 bridgehead atoms. The molecule has 2 heteroatoms. The van der Waals surface area contributed by atoms with E-state index in [0.717, 1.165) is 12.8 Å². The Balaban J connectivity index is 4.22. The molecular formula is C13H24O2. The summed E-state index contributed by atoms with van der Waals surface area (Å²) >= 11 is 0. The molecule has 2 nitrogen and oxygen atoms in total. The van der Waals surface area contributed by atoms with E-state index in [0.29, 0.717) is 5.92 Å². The van der Waals surface area contributed by atoms with Gasteiger partial charge in [0.15, 0.2) is 0 Å². The first-order valence-electron chi connectivity index (χ1n) is 5.62. The summed E-state index contributed by atoms with van der Waals surface area (Å²) in [6.07, 6.45) is 4.15. The van der Waals surface area contributed by atoms with Gasteiger partial charge in [0.25, 0.3) is 0 Å². The molecule has 0 heterocycles. The second-order valence-electron chi connectivity index (χ2n) is 5.32. The third-order valence-electron chi connectivity index (χ3n) is 3.25. The lowest BCUT2D eigenvalue weighted by Gasteiger charge is -2.33. The average molecular weight is 212 g/mol. The van der Waals surface area contributed by atoms with Crippen molar-refractivity contribution in [1.29, 1.82) is 0 Å². The van der Waals surface area contributed by atoms with E-state index in [4.69, 9.17) is 5.11 Å². The Morgan fingerprint density at radius 2 is 2.00 bits per heavy atom. The van der Waals surface area contributed by atoms with Crippen LogP contribution in [0.3, 0.4) is 0 Å². The minimum atomic E-state index is -0.699. The monoisotopic (exact) mass is 212 g/mol. The van der Waals surface area contributed by atoms with E-state index in [-0.39, 0.29) is 17.8 Å². The number of allylic oxidation sites excluding steroid dienone is 1. The number of carboxylic acids is 1. The van der Waals surface area contributed by atoms with Gasteiger partial charge in [-0.2, -0.15) is 0 Å². The van der Waals surface area contributed by atoms with Crippen LogP contribution in [0.5, 0.6) is 0 Å². The molecule has 2 unspecified atom stereocenters. The lowest BCUT2D eigenvalue weighted by atomic mass is 9.72. The highest BCUT2D eigenvalue weighted by Crippen LogP contribution is 2.36. The van der Waals surface area contributed by atoms with E-state index < -0.39 is 5.97 Å². The van der Waals surface area contributed by atoms with Crippen LogP contribution in [0.4, 0.5) is 0 Å². The summed E-state index contributed by atoms with van der Waals surface area (Å²) in [6, 6.07) is 0. The van der Waals surface area contributed by atoms with Crippen molar-refractivity contribution in [2.75, 3.05) is 0 Å². The van der Waals surface area contributed by atoms with E-state index in [1.807, 2.05) is 13.0 Å². The average Bonchev–Trinajstić information content (AvgIpc) is 2.01. The lowest BCUT2D eigenvalue weighted by molar-refractivity contribution is -0.138. The number of carbonyl (C=O) groups is 1. The van der Waals surface area contributed by atoms with Gasteiger partial charge in [-0.3, -0.25) is 4.79 Å². The van der Waals surface area contributed by atoms with Crippen molar-refractivity contribution >= 4 is 5.97 Å². The van der Waals surface area contributed by atoms with Crippen LogP contribution in [0, 0.1) is 17.3 Å². The molecule has 0 amide bonds. The van der Waals surface area contributed by atoms with Gasteiger partial charge < -0.3 is 5.11 Å². The van der Waals surface area contributed by atoms with Crippen molar-refractivity contribution in [2.45, 2.75) is 47.0 Å². The Labute approximate surface area is 93.4 Å². The lowest BCUT2D eigenvalue weighted by Crippen LogP contribution is -2.24. The summed E-state index contributed by atoms with van der Waals surface area (Å²) in [4.78, 5) is 10.6. The molecule has 88 valence electrons. The predicted molar refractivity (Wildman–Crippen MR) is 63.8 cm³/mol. The van der Waals surface area contributed by atoms with E-state index in [1.54, 1.807) is 0 Å². The maximum absolute atomic E-state index is 10.6. The highest BCUT2D eigenvalue weighted by atomic mass is 16.4. The molecule has 0 aromatic rings. The Kier molecular flexibility index (Phi) is 5.63. The van der Waals surface area contributed by atoms with Gasteiger partial charge in [-0.1, -0.05) is 33.8 Å². The smallest absolute Gasteiger partial charge is 0.303 e. The van der Waals surface area contributed by atoms with Crippen molar-refractivity contribution in [3.8, 4) is 0 Å². The highest BCUT2D eigenvalue weighted by molar-refractivity contribution is 5.66. The van der Waals surface area contributed by atoms with Gasteiger partial charge in [-0.25, -0.2) is 0 Å². The van der Waals surface area contributed by atoms with Crippen molar-refractivity contribution in [3.05, 3.63) is 12.7 Å². The third kappa shape index (κ3) is 5.60. The van der Waals surface area contributed by atoms with Crippen molar-refractivity contribution < 1.29 is 9.90 Å². The van der Waals surface area contributed by atoms with Crippen LogP contribution in [0.15, 0.2) is 12.7 Å². The summed E-state index contributed by atoms with van der Waals surface area (Å²) in [5, 5.41) is 8.71. The Morgan fingerprint density at radius 3 is 2.40 bits per heavy atom. The minimum absolute atomic E-state index is 0.184. The fourth-order valence-corrected chi connectivity index (χ4v) is 2.04. The molecular weight excluding hydrogens is 188 g/mol. The van der Waals surface area contributed by atoms with E-state index >= 15 is 0 Å². The van der Waals surface area contributed by atoms with Crippen LogP contribution in [0.1, 0.15) is 47.0 Å². The van der Waals surface area contributed by atoms with E-state index in [2.05, 4.69) is 27.4 Å². The highest BCUT2D eigenvalue weighted by Gasteiger charge is 2.27. The first-order valence-corrected chi connectivity index (χ1v) is 5.62. The molecule has 0 aromatic carbocycles. The fourth-order valence-electron chi connectivity index (χ4n) is 2.04. The Hall–Kier alpha value is -0.790. The molecule has 0 saturated heterocycles. The van der Waals surface area contributed by atoms with Gasteiger partial charge in [0.05, 0.1) is 0 Å². The van der Waals surface area contributed by atoms with Crippen molar-refractivity contribution in [2.24, 2.45) is 17.3 Å². The zero-order valence-corrected chi connectivity index (χ0v) is 10.4. The number of rotatable bonds is 7. The molecule has 0 aliphatic rings. The first-order chi connectivity index (χ1) is 6.79. The molecule has 2 atom stereocenters. The largest absolute Gasteiger partial charge is 0.481 e. The second-order valence-corrected chi connectivity index (χ2v) is 5.32. The first kappa shape index (κ1) is 14.2. The van der Waals surface area contributed by atoms with Crippen LogP contribution >= 0.6 is 0 Å². The number of hydrogen-bond donors (Lipinski definition) is 1. The van der Waals surface area contributed by atoms with Crippen LogP contribution in [0.25, 0.3) is 0 Å². The van der Waals surface area contributed by atoms with Crippen LogP contribution in [0.2, 0.25) is 0 Å². The normalized spacial score (nSPS) is 15.7. The molecule has 0 rings (SSSR count). The van der Waals surface area contributed by atoms with Crippen molar-refractivity contribution in [3.63, 3.8) is 0 Å². The molecule has 0 saturated carbocycles. The Bertz CT molecular complexity index is 219. The topological polar surface area (TPSA) is 37.3 Å². The van der Waals surface area contributed by atoms with Gasteiger partial charge in [-0.05, 0) is 30.1 Å².